The number of likely N-dealkylation sites (N-methyl/N-ethyl adjacent to an activating group) is 1. The first kappa shape index (κ1) is 23.0. The smallest absolute Gasteiger partial charge is 0.243 e. The van der Waals surface area contributed by atoms with Gasteiger partial charge < -0.3 is 14.8 Å². The largest absolute Gasteiger partial charge is 0.497 e. The minimum Gasteiger partial charge on any atom is -0.497 e. The average Bonchev–Trinajstić information content (AvgIpc) is 2.69. The highest BCUT2D eigenvalue weighted by Gasteiger charge is 2.24. The summed E-state index contributed by atoms with van der Waals surface area (Å²) in [7, 11) is -0.960. The maximum absolute atomic E-state index is 12.7. The second kappa shape index (κ2) is 9.96. The van der Waals surface area contributed by atoms with Gasteiger partial charge in [0.25, 0.3) is 0 Å². The molecule has 0 fully saturated rings. The van der Waals surface area contributed by atoms with Crippen LogP contribution in [-0.2, 0) is 14.8 Å². The molecule has 0 heterocycles. The number of rotatable bonds is 9. The van der Waals surface area contributed by atoms with E-state index in [2.05, 4.69) is 5.32 Å². The summed E-state index contributed by atoms with van der Waals surface area (Å²) in [6, 6.07) is 11.2. The van der Waals surface area contributed by atoms with Crippen LogP contribution in [0, 0.1) is 0 Å². The molecule has 0 spiro atoms. The molecule has 1 N–H and O–H groups in total. The van der Waals surface area contributed by atoms with E-state index in [1.807, 2.05) is 19.1 Å². The zero-order valence-electron chi connectivity index (χ0n) is 16.8. The Balaban J connectivity index is 2.04. The zero-order chi connectivity index (χ0) is 21.6. The quantitative estimate of drug-likeness (QED) is 0.647. The third kappa shape index (κ3) is 5.85. The molecule has 0 saturated heterocycles. The number of amides is 1. The lowest BCUT2D eigenvalue weighted by Crippen LogP contribution is -2.39. The zero-order valence-corrected chi connectivity index (χ0v) is 18.4. The molecule has 0 aliphatic carbocycles. The Hall–Kier alpha value is -2.29. The molecule has 1 amide bonds. The Morgan fingerprint density at radius 3 is 2.41 bits per heavy atom. The van der Waals surface area contributed by atoms with Crippen LogP contribution in [0.3, 0.4) is 0 Å². The molecule has 1 atom stereocenters. The Labute approximate surface area is 176 Å². The van der Waals surface area contributed by atoms with Crippen molar-refractivity contribution in [3.05, 3.63) is 53.1 Å². The first-order valence-corrected chi connectivity index (χ1v) is 10.8. The van der Waals surface area contributed by atoms with Crippen molar-refractivity contribution in [2.24, 2.45) is 0 Å². The molecule has 0 aliphatic heterocycles. The second-order valence-electron chi connectivity index (χ2n) is 6.35. The van der Waals surface area contributed by atoms with Gasteiger partial charge in [0, 0.05) is 7.05 Å². The first-order chi connectivity index (χ1) is 13.7. The lowest BCUT2D eigenvalue weighted by Gasteiger charge is -2.20. The highest BCUT2D eigenvalue weighted by molar-refractivity contribution is 7.89. The van der Waals surface area contributed by atoms with Gasteiger partial charge in [0.05, 0.1) is 36.2 Å². The van der Waals surface area contributed by atoms with E-state index in [1.54, 1.807) is 26.2 Å². The molecule has 1 unspecified atom stereocenters. The summed E-state index contributed by atoms with van der Waals surface area (Å²) in [5.41, 5.74) is 0.878. The predicted molar refractivity (Wildman–Crippen MR) is 112 cm³/mol. The van der Waals surface area contributed by atoms with Crippen LogP contribution in [0.4, 0.5) is 0 Å². The van der Waals surface area contributed by atoms with Crippen LogP contribution in [0.5, 0.6) is 11.5 Å². The number of hydrogen-bond acceptors (Lipinski definition) is 5. The molecule has 0 radical (unpaired) electrons. The second-order valence-corrected chi connectivity index (χ2v) is 8.80. The summed E-state index contributed by atoms with van der Waals surface area (Å²) in [5, 5.41) is 2.99. The fourth-order valence-corrected chi connectivity index (χ4v) is 4.10. The molecule has 9 heteroatoms. The summed E-state index contributed by atoms with van der Waals surface area (Å²) in [6.07, 6.45) is 0. The van der Waals surface area contributed by atoms with Crippen LogP contribution in [-0.4, -0.2) is 45.9 Å². The Morgan fingerprint density at radius 2 is 1.86 bits per heavy atom. The van der Waals surface area contributed by atoms with Gasteiger partial charge in [-0.2, -0.15) is 4.31 Å². The molecule has 0 saturated carbocycles. The summed E-state index contributed by atoms with van der Waals surface area (Å²) >= 11 is 6.09. The van der Waals surface area contributed by atoms with Crippen molar-refractivity contribution in [1.29, 1.82) is 0 Å². The van der Waals surface area contributed by atoms with Crippen molar-refractivity contribution in [3.63, 3.8) is 0 Å². The molecular formula is C20H25ClN2O5S. The van der Waals surface area contributed by atoms with Crippen molar-refractivity contribution >= 4 is 27.5 Å². The molecule has 7 nitrogen and oxygen atoms in total. The number of benzene rings is 2. The minimum atomic E-state index is -3.88. The number of sulfonamides is 1. The van der Waals surface area contributed by atoms with E-state index in [1.165, 1.54) is 25.2 Å². The first-order valence-electron chi connectivity index (χ1n) is 9.01. The molecule has 2 aromatic rings. The van der Waals surface area contributed by atoms with Crippen LogP contribution >= 0.6 is 11.6 Å². The van der Waals surface area contributed by atoms with E-state index >= 15 is 0 Å². The van der Waals surface area contributed by atoms with Crippen molar-refractivity contribution in [3.8, 4) is 11.5 Å². The predicted octanol–water partition coefficient (Wildman–Crippen LogP) is 3.25. The van der Waals surface area contributed by atoms with Crippen molar-refractivity contribution in [2.45, 2.75) is 24.8 Å². The van der Waals surface area contributed by atoms with Gasteiger partial charge in [0.1, 0.15) is 11.5 Å². The maximum atomic E-state index is 12.7. The average molecular weight is 441 g/mol. The Bertz CT molecular complexity index is 948. The SMILES string of the molecule is CCOc1ccc(S(=O)(=O)N(C)CC(=O)NC(C)c2ccc(OC)cc2)cc1Cl. The van der Waals surface area contributed by atoms with Gasteiger partial charge in [0.15, 0.2) is 0 Å². The van der Waals surface area contributed by atoms with E-state index in [0.29, 0.717) is 18.1 Å². The summed E-state index contributed by atoms with van der Waals surface area (Å²) in [5.74, 6) is 0.699. The van der Waals surface area contributed by atoms with Crippen LogP contribution in [0.25, 0.3) is 0 Å². The number of carbonyl (C=O) groups is 1. The van der Waals surface area contributed by atoms with Gasteiger partial charge in [-0.3, -0.25) is 4.79 Å². The Morgan fingerprint density at radius 1 is 1.21 bits per heavy atom. The fourth-order valence-electron chi connectivity index (χ4n) is 2.64. The maximum Gasteiger partial charge on any atom is 0.243 e. The van der Waals surface area contributed by atoms with E-state index in [9.17, 15) is 13.2 Å². The van der Waals surface area contributed by atoms with Crippen LogP contribution < -0.4 is 14.8 Å². The van der Waals surface area contributed by atoms with E-state index in [4.69, 9.17) is 21.1 Å². The van der Waals surface area contributed by atoms with Gasteiger partial charge in [-0.25, -0.2) is 8.42 Å². The van der Waals surface area contributed by atoms with Crippen LogP contribution in [0.15, 0.2) is 47.4 Å². The highest BCUT2D eigenvalue weighted by atomic mass is 35.5. The van der Waals surface area contributed by atoms with E-state index < -0.39 is 15.9 Å². The number of methoxy groups -OCH3 is 1. The van der Waals surface area contributed by atoms with Gasteiger partial charge in [0.2, 0.25) is 15.9 Å². The number of nitrogens with zero attached hydrogens (tertiary/aromatic N) is 1. The van der Waals surface area contributed by atoms with Crippen molar-refractivity contribution in [1.82, 2.24) is 9.62 Å². The van der Waals surface area contributed by atoms with E-state index in [0.717, 1.165) is 9.87 Å². The molecule has 0 bridgehead atoms. The van der Waals surface area contributed by atoms with E-state index in [-0.39, 0.29) is 22.5 Å². The van der Waals surface area contributed by atoms with Crippen LogP contribution in [0.2, 0.25) is 5.02 Å². The van der Waals surface area contributed by atoms with Crippen molar-refractivity contribution < 1.29 is 22.7 Å². The third-order valence-electron chi connectivity index (χ3n) is 4.27. The number of ether oxygens (including phenoxy) is 2. The molecule has 29 heavy (non-hydrogen) atoms. The molecule has 2 rings (SSSR count). The van der Waals surface area contributed by atoms with Gasteiger partial charge in [-0.1, -0.05) is 23.7 Å². The summed E-state index contributed by atoms with van der Waals surface area (Å²) in [4.78, 5) is 12.3. The van der Waals surface area contributed by atoms with Gasteiger partial charge in [-0.05, 0) is 49.7 Å². The lowest BCUT2D eigenvalue weighted by atomic mass is 10.1. The number of nitrogens with one attached hydrogen (secondary N) is 1. The Kier molecular flexibility index (Phi) is 7.89. The standard InChI is InChI=1S/C20H25ClN2O5S/c1-5-28-19-11-10-17(12-18(19)21)29(25,26)23(3)13-20(24)22-14(2)15-6-8-16(27-4)9-7-15/h6-12,14H,5,13H2,1-4H3,(H,22,24). The van der Waals surface area contributed by atoms with Gasteiger partial charge in [-0.15, -0.1) is 0 Å². The summed E-state index contributed by atoms with van der Waals surface area (Å²) < 4.78 is 36.9. The summed E-state index contributed by atoms with van der Waals surface area (Å²) in [6.45, 7) is 3.71. The normalized spacial score (nSPS) is 12.5. The van der Waals surface area contributed by atoms with Crippen molar-refractivity contribution in [2.75, 3.05) is 27.3 Å². The fraction of sp³-hybridized carbons (Fsp3) is 0.350. The molecule has 2 aromatic carbocycles. The van der Waals surface area contributed by atoms with Crippen LogP contribution in [0.1, 0.15) is 25.5 Å². The molecule has 0 aromatic heterocycles. The molecule has 158 valence electrons. The molecular weight excluding hydrogens is 416 g/mol. The monoisotopic (exact) mass is 440 g/mol. The minimum absolute atomic E-state index is 0.00976. The lowest BCUT2D eigenvalue weighted by molar-refractivity contribution is -0.121. The third-order valence-corrected chi connectivity index (χ3v) is 6.37. The number of carbonyl (C=O) groups excluding carboxylic acids is 1. The number of hydrogen-bond donors (Lipinski definition) is 1. The van der Waals surface area contributed by atoms with Gasteiger partial charge >= 0.3 is 0 Å². The number of halogens is 1. The topological polar surface area (TPSA) is 84.9 Å². The highest BCUT2D eigenvalue weighted by Crippen LogP contribution is 2.28. The molecule has 0 aliphatic rings.